The molecule has 0 spiro atoms. The van der Waals surface area contributed by atoms with Crippen LogP contribution in [-0.4, -0.2) is 42.0 Å². The van der Waals surface area contributed by atoms with Crippen LogP contribution in [0.1, 0.15) is 52.7 Å². The third-order valence-corrected chi connectivity index (χ3v) is 7.72. The first-order valence-electron chi connectivity index (χ1n) is 14.7. The molecular weight excluding hydrogens is 536 g/mol. The normalized spacial score (nSPS) is 15.4. The highest BCUT2D eigenvalue weighted by Gasteiger charge is 2.41. The van der Waals surface area contributed by atoms with Gasteiger partial charge < -0.3 is 10.1 Å². The quantitative estimate of drug-likeness (QED) is 0.193. The van der Waals surface area contributed by atoms with E-state index in [1.165, 1.54) is 0 Å². The van der Waals surface area contributed by atoms with Crippen LogP contribution in [0.15, 0.2) is 96.9 Å². The average Bonchev–Trinajstić information content (AvgIpc) is 3.60. The molecule has 1 saturated carbocycles. The maximum atomic E-state index is 12.8. The van der Waals surface area contributed by atoms with Crippen LogP contribution in [0.5, 0.6) is 0 Å². The zero-order valence-corrected chi connectivity index (χ0v) is 25.0. The highest BCUT2D eigenvalue weighted by atomic mass is 16.6. The predicted octanol–water partition coefficient (Wildman–Crippen LogP) is 7.90. The molecule has 0 unspecified atom stereocenters. The molecule has 0 aliphatic heterocycles. The summed E-state index contributed by atoms with van der Waals surface area (Å²) >= 11 is 0. The first-order valence-corrected chi connectivity index (χ1v) is 14.7. The van der Waals surface area contributed by atoms with Crippen molar-refractivity contribution in [3.63, 3.8) is 0 Å². The van der Waals surface area contributed by atoms with Crippen molar-refractivity contribution in [3.05, 3.63) is 103 Å². The standard InChI is InChI=1S/C35H36N6O2/c1-5-11-27(35(18-10-19-35)38-33(42)43-34(2,3)4)14-9-15-29-28(24-12-7-6-8-13-24)21-32-36-23-31(41(32)40-29)25-16-17-26-22-37-39-30(26)20-25/h5-9,11-17,20-23H,10,18-19H2,1-4H3,(H,37,39)(H,38,42)/b11-5-,15-9+,27-14+. The van der Waals surface area contributed by atoms with Crippen molar-refractivity contribution >= 4 is 28.7 Å². The van der Waals surface area contributed by atoms with Gasteiger partial charge in [0.15, 0.2) is 5.65 Å². The van der Waals surface area contributed by atoms with E-state index < -0.39 is 17.2 Å². The highest BCUT2D eigenvalue weighted by molar-refractivity contribution is 5.84. The number of H-pyrrole nitrogens is 1. The Labute approximate surface area is 251 Å². The molecule has 0 atom stereocenters. The molecule has 5 aromatic rings. The van der Waals surface area contributed by atoms with E-state index in [0.717, 1.165) is 69.5 Å². The van der Waals surface area contributed by atoms with E-state index in [1.807, 2.05) is 87.1 Å². The number of nitrogens with one attached hydrogen (secondary N) is 2. The summed E-state index contributed by atoms with van der Waals surface area (Å²) in [6.45, 7) is 7.62. The summed E-state index contributed by atoms with van der Waals surface area (Å²) in [5.74, 6) is 0. The molecular formula is C35H36N6O2. The minimum Gasteiger partial charge on any atom is -0.444 e. The molecule has 3 aromatic heterocycles. The molecule has 1 fully saturated rings. The monoisotopic (exact) mass is 572 g/mol. The van der Waals surface area contributed by atoms with Crippen molar-refractivity contribution in [2.45, 2.75) is 58.1 Å². The lowest BCUT2D eigenvalue weighted by atomic mass is 9.71. The predicted molar refractivity (Wildman–Crippen MR) is 171 cm³/mol. The lowest BCUT2D eigenvalue weighted by Gasteiger charge is -2.43. The number of hydrogen-bond donors (Lipinski definition) is 2. The SMILES string of the molecule is C\C=C/C(=C\C=C\c1nn2c(-c3ccc4cn[nH]c4c3)cnc2cc1-c1ccccc1)C1(NC(=O)OC(C)(C)C)CCC1. The van der Waals surface area contributed by atoms with Gasteiger partial charge in [0.05, 0.1) is 34.8 Å². The second kappa shape index (κ2) is 11.4. The van der Waals surface area contributed by atoms with Gasteiger partial charge in [0.1, 0.15) is 5.60 Å². The Morgan fingerprint density at radius 1 is 1.07 bits per heavy atom. The molecule has 0 bridgehead atoms. The van der Waals surface area contributed by atoms with Gasteiger partial charge in [0.2, 0.25) is 0 Å². The second-order valence-electron chi connectivity index (χ2n) is 11.9. The fourth-order valence-electron chi connectivity index (χ4n) is 5.51. The number of amides is 1. The minimum atomic E-state index is -0.562. The highest BCUT2D eigenvalue weighted by Crippen LogP contribution is 2.39. The van der Waals surface area contributed by atoms with Gasteiger partial charge >= 0.3 is 6.09 Å². The Morgan fingerprint density at radius 2 is 1.88 bits per heavy atom. The Hall–Kier alpha value is -4.98. The lowest BCUT2D eigenvalue weighted by Crippen LogP contribution is -2.55. The van der Waals surface area contributed by atoms with Gasteiger partial charge in [-0.25, -0.2) is 14.3 Å². The molecule has 2 aromatic carbocycles. The van der Waals surface area contributed by atoms with Crippen LogP contribution in [0.3, 0.4) is 0 Å². The number of alkyl carbamates (subject to hydrolysis) is 1. The summed E-state index contributed by atoms with van der Waals surface area (Å²) < 4.78 is 7.48. The number of carbonyl (C=O) groups is 1. The number of aromatic amines is 1. The molecule has 6 rings (SSSR count). The van der Waals surface area contributed by atoms with Crippen molar-refractivity contribution in [1.82, 2.24) is 30.1 Å². The largest absolute Gasteiger partial charge is 0.444 e. The van der Waals surface area contributed by atoms with Crippen LogP contribution in [0.25, 0.3) is 45.0 Å². The molecule has 8 heteroatoms. The maximum absolute atomic E-state index is 12.8. The van der Waals surface area contributed by atoms with Gasteiger partial charge in [-0.15, -0.1) is 0 Å². The van der Waals surface area contributed by atoms with E-state index in [1.54, 1.807) is 0 Å². The molecule has 1 aliphatic rings. The number of aromatic nitrogens is 5. The molecule has 0 saturated heterocycles. The molecule has 1 aliphatic carbocycles. The van der Waals surface area contributed by atoms with Crippen LogP contribution in [-0.2, 0) is 4.74 Å². The first kappa shape index (κ1) is 28.2. The lowest BCUT2D eigenvalue weighted by molar-refractivity contribution is 0.0425. The average molecular weight is 573 g/mol. The third kappa shape index (κ3) is 5.86. The van der Waals surface area contributed by atoms with Crippen LogP contribution in [0, 0.1) is 0 Å². The van der Waals surface area contributed by atoms with E-state index in [2.05, 4.69) is 58.0 Å². The van der Waals surface area contributed by atoms with E-state index in [-0.39, 0.29) is 0 Å². The molecule has 1 amide bonds. The van der Waals surface area contributed by atoms with Crippen LogP contribution in [0.4, 0.5) is 4.79 Å². The summed E-state index contributed by atoms with van der Waals surface area (Å²) in [6, 6.07) is 18.5. The molecule has 0 radical (unpaired) electrons. The van der Waals surface area contributed by atoms with Crippen LogP contribution >= 0.6 is 0 Å². The molecule has 8 nitrogen and oxygen atoms in total. The topological polar surface area (TPSA) is 97.2 Å². The number of imidazole rings is 1. The maximum Gasteiger partial charge on any atom is 0.408 e. The summed E-state index contributed by atoms with van der Waals surface area (Å²) in [6.07, 6.45) is 16.2. The van der Waals surface area contributed by atoms with E-state index in [9.17, 15) is 4.79 Å². The summed E-state index contributed by atoms with van der Waals surface area (Å²) in [5.41, 5.74) is 6.46. The number of ether oxygens (including phenoxy) is 1. The van der Waals surface area contributed by atoms with Crippen LogP contribution < -0.4 is 5.32 Å². The van der Waals surface area contributed by atoms with Gasteiger partial charge in [-0.3, -0.25) is 5.10 Å². The third-order valence-electron chi connectivity index (χ3n) is 7.72. The number of rotatable bonds is 7. The van der Waals surface area contributed by atoms with Gasteiger partial charge in [-0.05, 0) is 76.3 Å². The van der Waals surface area contributed by atoms with Crippen molar-refractivity contribution in [2.75, 3.05) is 0 Å². The fraction of sp³-hybridized carbons (Fsp3) is 0.257. The zero-order valence-electron chi connectivity index (χ0n) is 25.0. The molecule has 43 heavy (non-hydrogen) atoms. The number of allylic oxidation sites excluding steroid dienone is 3. The first-order chi connectivity index (χ1) is 20.7. The Bertz CT molecular complexity index is 1870. The fourth-order valence-corrected chi connectivity index (χ4v) is 5.51. The Kier molecular flexibility index (Phi) is 7.44. The zero-order chi connectivity index (χ0) is 30.0. The summed E-state index contributed by atoms with van der Waals surface area (Å²) in [4.78, 5) is 17.5. The molecule has 3 heterocycles. The number of carbonyl (C=O) groups excluding carboxylic acids is 1. The van der Waals surface area contributed by atoms with Crippen LogP contribution in [0.2, 0.25) is 0 Å². The molecule has 2 N–H and O–H groups in total. The minimum absolute atomic E-state index is 0.397. The van der Waals surface area contributed by atoms with E-state index in [4.69, 9.17) is 14.8 Å². The number of nitrogens with zero attached hydrogens (tertiary/aromatic N) is 4. The van der Waals surface area contributed by atoms with Gasteiger partial charge in [0, 0.05) is 16.5 Å². The Balaban J connectivity index is 1.40. The number of fused-ring (bicyclic) bond motifs is 2. The summed E-state index contributed by atoms with van der Waals surface area (Å²) in [7, 11) is 0. The van der Waals surface area contributed by atoms with Gasteiger partial charge in [-0.1, -0.05) is 66.8 Å². The summed E-state index contributed by atoms with van der Waals surface area (Å²) in [5, 5.41) is 16.5. The Morgan fingerprint density at radius 3 is 2.60 bits per heavy atom. The van der Waals surface area contributed by atoms with Gasteiger partial charge in [-0.2, -0.15) is 10.2 Å². The number of hydrogen-bond acceptors (Lipinski definition) is 5. The van der Waals surface area contributed by atoms with E-state index >= 15 is 0 Å². The number of benzene rings is 2. The van der Waals surface area contributed by atoms with Gasteiger partial charge in [0.25, 0.3) is 0 Å². The second-order valence-corrected chi connectivity index (χ2v) is 11.9. The van der Waals surface area contributed by atoms with Crippen molar-refractivity contribution < 1.29 is 9.53 Å². The van der Waals surface area contributed by atoms with Crippen molar-refractivity contribution in [3.8, 4) is 22.4 Å². The molecule has 218 valence electrons. The van der Waals surface area contributed by atoms with Crippen molar-refractivity contribution in [1.29, 1.82) is 0 Å². The van der Waals surface area contributed by atoms with Crippen molar-refractivity contribution in [2.24, 2.45) is 0 Å². The smallest absolute Gasteiger partial charge is 0.408 e. The van der Waals surface area contributed by atoms with E-state index in [0.29, 0.717) is 0 Å².